The van der Waals surface area contributed by atoms with E-state index < -0.39 is 5.41 Å². The van der Waals surface area contributed by atoms with Gasteiger partial charge in [0.15, 0.2) is 5.82 Å². The predicted octanol–water partition coefficient (Wildman–Crippen LogP) is 1.58. The minimum atomic E-state index is -0.864. The van der Waals surface area contributed by atoms with Crippen LogP contribution in [0.15, 0.2) is 16.9 Å². The molecule has 0 saturated carbocycles. The molecule has 0 atom stereocenters. The molecular formula is C13H20N4O2S. The smallest absolute Gasteiger partial charge is 0.264 e. The first-order valence-corrected chi connectivity index (χ1v) is 7.04. The molecular weight excluding hydrogens is 276 g/mol. The molecule has 4 N–H and O–H groups in total. The van der Waals surface area contributed by atoms with Gasteiger partial charge in [-0.05, 0) is 18.9 Å². The fraction of sp³-hybridized carbons (Fsp3) is 0.538. The van der Waals surface area contributed by atoms with Crippen LogP contribution in [0.25, 0.3) is 0 Å². The first kappa shape index (κ1) is 16.3. The summed E-state index contributed by atoms with van der Waals surface area (Å²) in [6, 6.07) is 2.74. The van der Waals surface area contributed by atoms with Gasteiger partial charge in [-0.1, -0.05) is 38.9 Å². The second-order valence-corrected chi connectivity index (χ2v) is 5.15. The Hall–Kier alpha value is -1.76. The molecule has 0 saturated heterocycles. The first-order valence-electron chi connectivity index (χ1n) is 6.63. The summed E-state index contributed by atoms with van der Waals surface area (Å²) in [6.45, 7) is 3.96. The molecule has 1 amide bonds. The first-order chi connectivity index (χ1) is 9.46. The fourth-order valence-corrected chi connectivity index (χ4v) is 2.51. The molecule has 0 bridgehead atoms. The molecule has 110 valence electrons. The van der Waals surface area contributed by atoms with Crippen molar-refractivity contribution >= 4 is 28.9 Å². The van der Waals surface area contributed by atoms with Crippen LogP contribution in [0.5, 0.6) is 0 Å². The molecule has 20 heavy (non-hydrogen) atoms. The SMILES string of the molecule is CCCC(CCC)(C(=O)Nc1ccc(=O)[nH]n1)C(N)=S. The molecule has 1 aromatic rings. The Balaban J connectivity index is 3.00. The van der Waals surface area contributed by atoms with Gasteiger partial charge in [0.05, 0.1) is 10.4 Å². The van der Waals surface area contributed by atoms with E-state index in [1.165, 1.54) is 12.1 Å². The van der Waals surface area contributed by atoms with Crippen molar-refractivity contribution in [3.05, 3.63) is 22.5 Å². The Bertz CT molecular complexity index is 515. The van der Waals surface area contributed by atoms with Crippen LogP contribution < -0.4 is 16.6 Å². The normalized spacial score (nSPS) is 11.1. The summed E-state index contributed by atoms with van der Waals surface area (Å²) in [7, 11) is 0. The highest BCUT2D eigenvalue weighted by Gasteiger charge is 2.40. The van der Waals surface area contributed by atoms with E-state index in [0.29, 0.717) is 12.8 Å². The number of thiocarbonyl (C=S) groups is 1. The number of nitrogens with zero attached hydrogens (tertiary/aromatic N) is 1. The van der Waals surface area contributed by atoms with Gasteiger partial charge < -0.3 is 11.1 Å². The van der Waals surface area contributed by atoms with Crippen molar-refractivity contribution in [2.45, 2.75) is 39.5 Å². The van der Waals surface area contributed by atoms with Gasteiger partial charge >= 0.3 is 0 Å². The highest BCUT2D eigenvalue weighted by atomic mass is 32.1. The summed E-state index contributed by atoms with van der Waals surface area (Å²) in [5.74, 6) is 0.00989. The maximum Gasteiger partial charge on any atom is 0.264 e. The summed E-state index contributed by atoms with van der Waals surface area (Å²) in [5.41, 5.74) is 4.62. The van der Waals surface area contributed by atoms with Crippen LogP contribution in [0, 0.1) is 5.41 Å². The van der Waals surface area contributed by atoms with Crippen LogP contribution in [-0.2, 0) is 4.79 Å². The molecule has 0 aliphatic carbocycles. The average Bonchev–Trinajstić information content (AvgIpc) is 2.40. The number of aromatic amines is 1. The summed E-state index contributed by atoms with van der Waals surface area (Å²) in [5, 5.41) is 8.70. The quantitative estimate of drug-likeness (QED) is 0.663. The van der Waals surface area contributed by atoms with Gasteiger partial charge in [-0.3, -0.25) is 9.59 Å². The Morgan fingerprint density at radius 2 is 2.00 bits per heavy atom. The van der Waals surface area contributed by atoms with E-state index in [4.69, 9.17) is 18.0 Å². The molecule has 0 aliphatic heterocycles. The number of anilines is 1. The highest BCUT2D eigenvalue weighted by molar-refractivity contribution is 7.80. The number of aromatic nitrogens is 2. The van der Waals surface area contributed by atoms with Crippen molar-refractivity contribution in [2.24, 2.45) is 11.1 Å². The molecule has 0 radical (unpaired) electrons. The second-order valence-electron chi connectivity index (χ2n) is 4.71. The van der Waals surface area contributed by atoms with Crippen molar-refractivity contribution in [3.63, 3.8) is 0 Å². The third-order valence-electron chi connectivity index (χ3n) is 3.18. The van der Waals surface area contributed by atoms with Crippen molar-refractivity contribution in [1.29, 1.82) is 0 Å². The Kier molecular flexibility index (Phi) is 5.82. The van der Waals surface area contributed by atoms with Crippen LogP contribution in [0.4, 0.5) is 5.82 Å². The van der Waals surface area contributed by atoms with E-state index in [9.17, 15) is 9.59 Å². The largest absolute Gasteiger partial charge is 0.392 e. The van der Waals surface area contributed by atoms with Crippen LogP contribution in [-0.4, -0.2) is 21.1 Å². The maximum atomic E-state index is 12.5. The van der Waals surface area contributed by atoms with Gasteiger partial charge in [-0.25, -0.2) is 5.10 Å². The number of carbonyl (C=O) groups excluding carboxylic acids is 1. The number of hydrogen-bond acceptors (Lipinski definition) is 4. The molecule has 1 heterocycles. The monoisotopic (exact) mass is 296 g/mol. The topological polar surface area (TPSA) is 101 Å². The Labute approximate surface area is 123 Å². The van der Waals surface area contributed by atoms with E-state index in [0.717, 1.165) is 12.8 Å². The van der Waals surface area contributed by atoms with Gasteiger partial charge in [0.2, 0.25) is 5.91 Å². The van der Waals surface area contributed by atoms with Gasteiger partial charge in [0.1, 0.15) is 0 Å². The van der Waals surface area contributed by atoms with Crippen molar-refractivity contribution in [2.75, 3.05) is 5.32 Å². The number of nitrogens with two attached hydrogens (primary N) is 1. The van der Waals surface area contributed by atoms with Crippen molar-refractivity contribution < 1.29 is 4.79 Å². The van der Waals surface area contributed by atoms with Crippen LogP contribution in [0.3, 0.4) is 0 Å². The lowest BCUT2D eigenvalue weighted by molar-refractivity contribution is -0.122. The summed E-state index contributed by atoms with van der Waals surface area (Å²) in [4.78, 5) is 23.7. The minimum Gasteiger partial charge on any atom is -0.392 e. The zero-order chi connectivity index (χ0) is 15.2. The third-order valence-corrected chi connectivity index (χ3v) is 3.57. The van der Waals surface area contributed by atoms with E-state index in [2.05, 4.69) is 15.5 Å². The van der Waals surface area contributed by atoms with Crippen LogP contribution in [0.1, 0.15) is 39.5 Å². The predicted molar refractivity (Wildman–Crippen MR) is 82.5 cm³/mol. The molecule has 1 aromatic heterocycles. The highest BCUT2D eigenvalue weighted by Crippen LogP contribution is 2.31. The Morgan fingerprint density at radius 3 is 2.40 bits per heavy atom. The number of amides is 1. The van der Waals surface area contributed by atoms with E-state index in [1.54, 1.807) is 0 Å². The van der Waals surface area contributed by atoms with Crippen molar-refractivity contribution in [3.8, 4) is 0 Å². The number of nitrogens with one attached hydrogen (secondary N) is 2. The van der Waals surface area contributed by atoms with Crippen LogP contribution >= 0.6 is 12.2 Å². The van der Waals surface area contributed by atoms with Crippen LogP contribution in [0.2, 0.25) is 0 Å². The summed E-state index contributed by atoms with van der Waals surface area (Å²) >= 11 is 5.11. The number of hydrogen-bond donors (Lipinski definition) is 3. The standard InChI is InChI=1S/C13H20N4O2S/c1-3-7-13(8-4-2,11(14)20)12(19)15-9-5-6-10(18)17-16-9/h5-6H,3-4,7-8H2,1-2H3,(H2,14,20)(H,17,18)(H,15,16,19). The Morgan fingerprint density at radius 1 is 1.40 bits per heavy atom. The van der Waals surface area contributed by atoms with Gasteiger partial charge in [-0.15, -0.1) is 0 Å². The number of carbonyl (C=O) groups is 1. The lowest BCUT2D eigenvalue weighted by Crippen LogP contribution is -2.46. The van der Waals surface area contributed by atoms with E-state index in [-0.39, 0.29) is 22.3 Å². The molecule has 0 fully saturated rings. The summed E-state index contributed by atoms with van der Waals surface area (Å²) in [6.07, 6.45) is 2.77. The molecule has 7 heteroatoms. The zero-order valence-electron chi connectivity index (χ0n) is 11.7. The zero-order valence-corrected chi connectivity index (χ0v) is 12.5. The van der Waals surface area contributed by atoms with Gasteiger partial charge in [0, 0.05) is 6.07 Å². The number of rotatable bonds is 7. The molecule has 0 aliphatic rings. The second kappa shape index (κ2) is 7.14. The summed E-state index contributed by atoms with van der Waals surface area (Å²) < 4.78 is 0. The fourth-order valence-electron chi connectivity index (χ4n) is 2.21. The number of H-pyrrole nitrogens is 1. The molecule has 0 unspecified atom stereocenters. The van der Waals surface area contributed by atoms with E-state index >= 15 is 0 Å². The molecule has 1 rings (SSSR count). The third kappa shape index (κ3) is 3.63. The molecule has 0 spiro atoms. The maximum absolute atomic E-state index is 12.5. The van der Waals surface area contributed by atoms with E-state index in [1.807, 2.05) is 13.8 Å². The average molecular weight is 296 g/mol. The lowest BCUT2D eigenvalue weighted by Gasteiger charge is -2.30. The van der Waals surface area contributed by atoms with Gasteiger partial charge in [-0.2, -0.15) is 5.10 Å². The molecule has 6 nitrogen and oxygen atoms in total. The van der Waals surface area contributed by atoms with Gasteiger partial charge in [0.25, 0.3) is 5.56 Å². The van der Waals surface area contributed by atoms with Crippen molar-refractivity contribution in [1.82, 2.24) is 10.2 Å². The lowest BCUT2D eigenvalue weighted by atomic mass is 9.78. The molecule has 0 aromatic carbocycles. The minimum absolute atomic E-state index is 0.197.